The summed E-state index contributed by atoms with van der Waals surface area (Å²) < 4.78 is 0.936. The van der Waals surface area contributed by atoms with E-state index in [-0.39, 0.29) is 0 Å². The minimum absolute atomic E-state index is 0.579. The van der Waals surface area contributed by atoms with Crippen LogP contribution < -0.4 is 0 Å². The van der Waals surface area contributed by atoms with Gasteiger partial charge in [0.1, 0.15) is 6.10 Å². The van der Waals surface area contributed by atoms with E-state index >= 15 is 0 Å². The van der Waals surface area contributed by atoms with Gasteiger partial charge in [-0.15, -0.1) is 0 Å². The lowest BCUT2D eigenvalue weighted by Gasteiger charge is -2.14. The second-order valence-electron chi connectivity index (χ2n) is 4.27. The molecule has 2 aromatic carbocycles. The zero-order valence-corrected chi connectivity index (χ0v) is 11.5. The molecule has 1 atom stereocenters. The van der Waals surface area contributed by atoms with Gasteiger partial charge in [-0.25, -0.2) is 0 Å². The molecule has 0 spiro atoms. The fourth-order valence-electron chi connectivity index (χ4n) is 1.81. The zero-order valence-electron chi connectivity index (χ0n) is 9.94. The van der Waals surface area contributed by atoms with E-state index in [4.69, 9.17) is 0 Å². The van der Waals surface area contributed by atoms with Crippen molar-refractivity contribution in [3.63, 3.8) is 0 Å². The van der Waals surface area contributed by atoms with Gasteiger partial charge < -0.3 is 5.11 Å². The monoisotopic (exact) mass is 290 g/mol. The van der Waals surface area contributed by atoms with Crippen molar-refractivity contribution < 1.29 is 5.11 Å². The maximum absolute atomic E-state index is 10.4. The van der Waals surface area contributed by atoms with Crippen molar-refractivity contribution in [2.75, 3.05) is 0 Å². The minimum atomic E-state index is -0.579. The first-order valence-electron chi connectivity index (χ1n) is 5.59. The third-order valence-corrected chi connectivity index (χ3v) is 3.77. The second-order valence-corrected chi connectivity index (χ2v) is 5.12. The normalized spacial score (nSPS) is 12.5. The van der Waals surface area contributed by atoms with Crippen LogP contribution in [0.4, 0.5) is 0 Å². The predicted molar refractivity (Wildman–Crippen MR) is 74.1 cm³/mol. The van der Waals surface area contributed by atoms with Gasteiger partial charge in [-0.1, -0.05) is 52.3 Å². The summed E-state index contributed by atoms with van der Waals surface area (Å²) in [5, 5.41) is 10.4. The van der Waals surface area contributed by atoms with Crippen molar-refractivity contribution in [2.24, 2.45) is 0 Å². The van der Waals surface area contributed by atoms with E-state index in [0.717, 1.165) is 15.6 Å². The lowest BCUT2D eigenvalue weighted by Crippen LogP contribution is -2.01. The molecule has 1 N–H and O–H groups in total. The van der Waals surface area contributed by atoms with Gasteiger partial charge in [-0.2, -0.15) is 0 Å². The highest BCUT2D eigenvalue weighted by atomic mass is 79.9. The Morgan fingerprint density at radius 1 is 1.00 bits per heavy atom. The van der Waals surface area contributed by atoms with Crippen LogP contribution in [0.5, 0.6) is 0 Å². The summed E-state index contributed by atoms with van der Waals surface area (Å²) in [7, 11) is 0. The number of rotatable bonds is 2. The van der Waals surface area contributed by atoms with Crippen LogP contribution in [-0.2, 0) is 0 Å². The van der Waals surface area contributed by atoms with Gasteiger partial charge in [0.05, 0.1) is 0 Å². The van der Waals surface area contributed by atoms with E-state index in [1.54, 1.807) is 0 Å². The topological polar surface area (TPSA) is 20.2 Å². The van der Waals surface area contributed by atoms with E-state index in [1.807, 2.05) is 42.5 Å². The predicted octanol–water partition coefficient (Wildman–Crippen LogP) is 4.15. The summed E-state index contributed by atoms with van der Waals surface area (Å²) in [6, 6.07) is 13.8. The quantitative estimate of drug-likeness (QED) is 0.881. The maximum atomic E-state index is 10.4. The molecule has 0 radical (unpaired) electrons. The number of aliphatic hydroxyl groups is 1. The van der Waals surface area contributed by atoms with E-state index in [1.165, 1.54) is 11.1 Å². The molecule has 0 heterocycles. The summed E-state index contributed by atoms with van der Waals surface area (Å²) >= 11 is 3.47. The van der Waals surface area contributed by atoms with Crippen molar-refractivity contribution in [3.8, 4) is 0 Å². The smallest absolute Gasteiger partial charge is 0.105 e. The van der Waals surface area contributed by atoms with Crippen LogP contribution in [0, 0.1) is 13.8 Å². The minimum Gasteiger partial charge on any atom is -0.384 e. The number of aryl methyl sites for hydroxylation is 2. The van der Waals surface area contributed by atoms with Gasteiger partial charge >= 0.3 is 0 Å². The molecule has 0 saturated carbocycles. The summed E-state index contributed by atoms with van der Waals surface area (Å²) in [4.78, 5) is 0. The molecule has 0 aliphatic rings. The van der Waals surface area contributed by atoms with Gasteiger partial charge in [0.25, 0.3) is 0 Å². The van der Waals surface area contributed by atoms with Crippen molar-refractivity contribution >= 4 is 15.9 Å². The third-order valence-electron chi connectivity index (χ3n) is 3.05. The average molecular weight is 291 g/mol. The molecule has 2 rings (SSSR count). The highest BCUT2D eigenvalue weighted by Crippen LogP contribution is 2.29. The standard InChI is InChI=1S/C15H15BrO/c1-10-7-8-12(9-11(10)2)15(17)13-5-3-4-6-14(13)16/h3-9,15,17H,1-2H3/t15-/m0/s1. The SMILES string of the molecule is Cc1ccc([C@H](O)c2ccccc2Br)cc1C. The summed E-state index contributed by atoms with van der Waals surface area (Å²) in [6.45, 7) is 4.13. The van der Waals surface area contributed by atoms with E-state index < -0.39 is 6.10 Å². The molecule has 0 aromatic heterocycles. The maximum Gasteiger partial charge on any atom is 0.105 e. The first-order chi connectivity index (χ1) is 8.09. The largest absolute Gasteiger partial charge is 0.384 e. The van der Waals surface area contributed by atoms with Crippen LogP contribution in [0.3, 0.4) is 0 Å². The fourth-order valence-corrected chi connectivity index (χ4v) is 2.31. The van der Waals surface area contributed by atoms with E-state index in [0.29, 0.717) is 0 Å². The van der Waals surface area contributed by atoms with Gasteiger partial charge in [0.15, 0.2) is 0 Å². The van der Waals surface area contributed by atoms with Crippen LogP contribution in [0.1, 0.15) is 28.4 Å². The fraction of sp³-hybridized carbons (Fsp3) is 0.200. The van der Waals surface area contributed by atoms with Gasteiger partial charge in [0, 0.05) is 4.47 Å². The second kappa shape index (κ2) is 5.03. The Hall–Kier alpha value is -1.12. The molecule has 0 amide bonds. The van der Waals surface area contributed by atoms with Gasteiger partial charge in [-0.05, 0) is 42.2 Å². The van der Waals surface area contributed by atoms with Gasteiger partial charge in [-0.3, -0.25) is 0 Å². The summed E-state index contributed by atoms with van der Waals surface area (Å²) in [5.41, 5.74) is 4.28. The Kier molecular flexibility index (Phi) is 3.65. The van der Waals surface area contributed by atoms with Gasteiger partial charge in [0.2, 0.25) is 0 Å². The molecule has 0 fully saturated rings. The van der Waals surface area contributed by atoms with Crippen molar-refractivity contribution in [1.82, 2.24) is 0 Å². The van der Waals surface area contributed by atoms with Crippen LogP contribution in [-0.4, -0.2) is 5.11 Å². The molecule has 0 aliphatic carbocycles. The molecule has 0 unspecified atom stereocenters. The first kappa shape index (κ1) is 12.3. The molecule has 0 bridgehead atoms. The average Bonchev–Trinajstić information content (AvgIpc) is 2.32. The number of halogens is 1. The Morgan fingerprint density at radius 3 is 2.35 bits per heavy atom. The van der Waals surface area contributed by atoms with Crippen molar-refractivity contribution in [2.45, 2.75) is 20.0 Å². The lowest BCUT2D eigenvalue weighted by atomic mass is 9.98. The van der Waals surface area contributed by atoms with Crippen LogP contribution in [0.15, 0.2) is 46.9 Å². The van der Waals surface area contributed by atoms with Crippen LogP contribution in [0.2, 0.25) is 0 Å². The zero-order chi connectivity index (χ0) is 12.4. The summed E-state index contributed by atoms with van der Waals surface area (Å²) in [5.74, 6) is 0. The van der Waals surface area contributed by atoms with Crippen LogP contribution in [0.25, 0.3) is 0 Å². The number of hydrogen-bond donors (Lipinski definition) is 1. The number of benzene rings is 2. The van der Waals surface area contributed by atoms with Crippen LogP contribution >= 0.6 is 15.9 Å². The molecule has 2 heteroatoms. The molecule has 0 saturated heterocycles. The molecular weight excluding hydrogens is 276 g/mol. The van der Waals surface area contributed by atoms with E-state index in [2.05, 4.69) is 29.8 Å². The first-order valence-corrected chi connectivity index (χ1v) is 6.38. The molecule has 1 nitrogen and oxygen atoms in total. The Morgan fingerprint density at radius 2 is 1.71 bits per heavy atom. The molecular formula is C15H15BrO. The van der Waals surface area contributed by atoms with E-state index in [9.17, 15) is 5.11 Å². The van der Waals surface area contributed by atoms with Crippen molar-refractivity contribution in [3.05, 3.63) is 69.2 Å². The Balaban J connectivity index is 2.40. The number of hydrogen-bond acceptors (Lipinski definition) is 1. The molecule has 2 aromatic rings. The Bertz CT molecular complexity index is 534. The van der Waals surface area contributed by atoms with Crippen molar-refractivity contribution in [1.29, 1.82) is 0 Å². The lowest BCUT2D eigenvalue weighted by molar-refractivity contribution is 0.219. The third kappa shape index (κ3) is 2.59. The summed E-state index contributed by atoms with van der Waals surface area (Å²) in [6.07, 6.45) is -0.579. The number of aliphatic hydroxyl groups excluding tert-OH is 1. The molecule has 88 valence electrons. The molecule has 0 aliphatic heterocycles. The highest BCUT2D eigenvalue weighted by molar-refractivity contribution is 9.10. The molecule has 17 heavy (non-hydrogen) atoms. The Labute approximate surface area is 110 Å². The highest BCUT2D eigenvalue weighted by Gasteiger charge is 2.13.